The van der Waals surface area contributed by atoms with E-state index in [9.17, 15) is 4.79 Å². The van der Waals surface area contributed by atoms with Crippen molar-refractivity contribution in [1.29, 1.82) is 0 Å². The van der Waals surface area contributed by atoms with Crippen LogP contribution in [0.3, 0.4) is 0 Å². The van der Waals surface area contributed by atoms with Gasteiger partial charge in [-0.25, -0.2) is 0 Å². The van der Waals surface area contributed by atoms with Crippen LogP contribution in [0.2, 0.25) is 0 Å². The molecule has 0 unspecified atom stereocenters. The number of amides is 1. The fourth-order valence-corrected chi connectivity index (χ4v) is 3.57. The predicted molar refractivity (Wildman–Crippen MR) is 127 cm³/mol. The second-order valence-corrected chi connectivity index (χ2v) is 7.39. The summed E-state index contributed by atoms with van der Waals surface area (Å²) in [6, 6.07) is 29.7. The molecule has 0 saturated carbocycles. The van der Waals surface area contributed by atoms with E-state index in [0.29, 0.717) is 5.56 Å². The Hall–Kier alpha value is -3.92. The van der Waals surface area contributed by atoms with Crippen molar-refractivity contribution in [3.8, 4) is 11.1 Å². The highest BCUT2D eigenvalue weighted by Gasteiger charge is 2.15. The third-order valence-electron chi connectivity index (χ3n) is 5.16. The van der Waals surface area contributed by atoms with Crippen LogP contribution >= 0.6 is 0 Å². The van der Waals surface area contributed by atoms with E-state index in [2.05, 4.69) is 15.6 Å². The summed E-state index contributed by atoms with van der Waals surface area (Å²) in [6.07, 6.45) is 2.67. The van der Waals surface area contributed by atoms with Gasteiger partial charge in [-0.3, -0.25) is 9.78 Å². The van der Waals surface area contributed by atoms with E-state index in [4.69, 9.17) is 0 Å². The monoisotopic (exact) mass is 407 g/mol. The molecule has 4 heteroatoms. The molecule has 154 valence electrons. The number of hydrogen-bond donors (Lipinski definition) is 2. The molecule has 4 nitrogen and oxygen atoms in total. The summed E-state index contributed by atoms with van der Waals surface area (Å²) in [4.78, 5) is 17.4. The van der Waals surface area contributed by atoms with Gasteiger partial charge in [0, 0.05) is 36.2 Å². The summed E-state index contributed by atoms with van der Waals surface area (Å²) in [6.45, 7) is 2.77. The second kappa shape index (κ2) is 9.72. The fraction of sp³-hybridized carbons (Fsp3) is 0.111. The maximum absolute atomic E-state index is 13.1. The highest BCUT2D eigenvalue weighted by Crippen LogP contribution is 2.27. The molecule has 0 aliphatic heterocycles. The van der Waals surface area contributed by atoms with Gasteiger partial charge in [0.25, 0.3) is 5.91 Å². The molecule has 4 rings (SSSR count). The van der Waals surface area contributed by atoms with Gasteiger partial charge in [-0.15, -0.1) is 0 Å². The van der Waals surface area contributed by atoms with Crippen molar-refractivity contribution in [2.75, 3.05) is 17.2 Å². The molecule has 31 heavy (non-hydrogen) atoms. The molecule has 0 radical (unpaired) electrons. The predicted octanol–water partition coefficient (Wildman–Crippen LogP) is 5.96. The van der Waals surface area contributed by atoms with Crippen LogP contribution in [0.15, 0.2) is 97.2 Å². The summed E-state index contributed by atoms with van der Waals surface area (Å²) in [7, 11) is 0. The van der Waals surface area contributed by atoms with Crippen molar-refractivity contribution in [2.24, 2.45) is 0 Å². The van der Waals surface area contributed by atoms with Crippen LogP contribution in [-0.2, 0) is 6.42 Å². The van der Waals surface area contributed by atoms with Crippen LogP contribution in [0.5, 0.6) is 0 Å². The summed E-state index contributed by atoms with van der Waals surface area (Å²) >= 11 is 0. The lowest BCUT2D eigenvalue weighted by molar-refractivity contribution is 0.102. The molecule has 0 fully saturated rings. The van der Waals surface area contributed by atoms with Gasteiger partial charge in [0.05, 0.1) is 5.56 Å². The SMILES string of the molecule is Cc1cccc(-c2ccccc2)c1C(=O)Nc1ccc(NCCc2ccccn2)cc1. The molecule has 0 bridgehead atoms. The van der Waals surface area contributed by atoms with E-state index in [0.717, 1.165) is 46.7 Å². The lowest BCUT2D eigenvalue weighted by Gasteiger charge is -2.14. The van der Waals surface area contributed by atoms with Crippen molar-refractivity contribution in [3.63, 3.8) is 0 Å². The number of pyridine rings is 1. The average Bonchev–Trinajstić information content (AvgIpc) is 2.81. The molecule has 0 saturated heterocycles. The highest BCUT2D eigenvalue weighted by atomic mass is 16.1. The van der Waals surface area contributed by atoms with Crippen molar-refractivity contribution in [1.82, 2.24) is 4.98 Å². The van der Waals surface area contributed by atoms with E-state index in [1.165, 1.54) is 0 Å². The first kappa shape index (κ1) is 20.4. The second-order valence-electron chi connectivity index (χ2n) is 7.39. The van der Waals surface area contributed by atoms with Crippen LogP contribution in [0.4, 0.5) is 11.4 Å². The number of anilines is 2. The molecule has 0 spiro atoms. The molecule has 1 amide bonds. The maximum Gasteiger partial charge on any atom is 0.256 e. The Balaban J connectivity index is 1.42. The van der Waals surface area contributed by atoms with Gasteiger partial charge in [-0.2, -0.15) is 0 Å². The number of hydrogen-bond acceptors (Lipinski definition) is 3. The average molecular weight is 408 g/mol. The first-order valence-electron chi connectivity index (χ1n) is 10.4. The third-order valence-corrected chi connectivity index (χ3v) is 5.16. The molecule has 2 N–H and O–H groups in total. The smallest absolute Gasteiger partial charge is 0.256 e. The Morgan fingerprint density at radius 3 is 2.29 bits per heavy atom. The number of carbonyl (C=O) groups is 1. The van der Waals surface area contributed by atoms with Gasteiger partial charge >= 0.3 is 0 Å². The Morgan fingerprint density at radius 2 is 1.55 bits per heavy atom. The number of nitrogens with one attached hydrogen (secondary N) is 2. The Labute approximate surface area is 183 Å². The Bertz CT molecular complexity index is 1140. The summed E-state index contributed by atoms with van der Waals surface area (Å²) in [5.74, 6) is -0.104. The molecule has 1 heterocycles. The molecule has 0 aliphatic rings. The van der Waals surface area contributed by atoms with Crippen molar-refractivity contribution in [3.05, 3.63) is 114 Å². The van der Waals surface area contributed by atoms with Gasteiger partial charge in [-0.1, -0.05) is 54.6 Å². The molecule has 0 atom stereocenters. The number of benzene rings is 3. The maximum atomic E-state index is 13.1. The topological polar surface area (TPSA) is 54.0 Å². The van der Waals surface area contributed by atoms with Gasteiger partial charge in [0.1, 0.15) is 0 Å². The van der Waals surface area contributed by atoms with Crippen LogP contribution in [0, 0.1) is 6.92 Å². The van der Waals surface area contributed by atoms with Gasteiger partial charge in [0.2, 0.25) is 0 Å². The van der Waals surface area contributed by atoms with Gasteiger partial charge < -0.3 is 10.6 Å². The van der Waals surface area contributed by atoms with Crippen LogP contribution in [0.1, 0.15) is 21.6 Å². The molecular formula is C27H25N3O. The van der Waals surface area contributed by atoms with Crippen molar-refractivity contribution < 1.29 is 4.79 Å². The number of rotatable bonds is 7. The third kappa shape index (κ3) is 5.17. The van der Waals surface area contributed by atoms with Crippen LogP contribution in [-0.4, -0.2) is 17.4 Å². The standard InChI is InChI=1S/C27H25N3O/c1-20-8-7-12-25(21-9-3-2-4-10-21)26(20)27(31)30-24-15-13-23(14-16-24)29-19-17-22-11-5-6-18-28-22/h2-16,18,29H,17,19H2,1H3,(H,30,31). The van der Waals surface area contributed by atoms with Gasteiger partial charge in [0.15, 0.2) is 0 Å². The zero-order chi connectivity index (χ0) is 21.5. The summed E-state index contributed by atoms with van der Waals surface area (Å²) < 4.78 is 0. The van der Waals surface area contributed by atoms with Gasteiger partial charge in [-0.05, 0) is 60.0 Å². The lowest BCUT2D eigenvalue weighted by atomic mass is 9.95. The van der Waals surface area contributed by atoms with Crippen LogP contribution in [0.25, 0.3) is 11.1 Å². The number of aromatic nitrogens is 1. The minimum atomic E-state index is -0.104. The van der Waals surface area contributed by atoms with E-state index in [-0.39, 0.29) is 5.91 Å². The highest BCUT2D eigenvalue weighted by molar-refractivity contribution is 6.09. The van der Waals surface area contributed by atoms with E-state index in [1.54, 1.807) is 0 Å². The van der Waals surface area contributed by atoms with Crippen molar-refractivity contribution in [2.45, 2.75) is 13.3 Å². The number of nitrogens with zero attached hydrogens (tertiary/aromatic N) is 1. The quantitative estimate of drug-likeness (QED) is 0.397. The number of carbonyl (C=O) groups excluding carboxylic acids is 1. The molecular weight excluding hydrogens is 382 g/mol. The Kier molecular flexibility index (Phi) is 6.38. The molecule has 1 aromatic heterocycles. The normalized spacial score (nSPS) is 10.5. The molecule has 4 aromatic rings. The van der Waals surface area contributed by atoms with E-state index < -0.39 is 0 Å². The van der Waals surface area contributed by atoms with E-state index in [1.807, 2.05) is 104 Å². The first-order chi connectivity index (χ1) is 15.2. The Morgan fingerprint density at radius 1 is 0.806 bits per heavy atom. The fourth-order valence-electron chi connectivity index (χ4n) is 3.57. The minimum Gasteiger partial charge on any atom is -0.385 e. The first-order valence-corrected chi connectivity index (χ1v) is 10.4. The largest absolute Gasteiger partial charge is 0.385 e. The molecule has 3 aromatic carbocycles. The zero-order valence-corrected chi connectivity index (χ0v) is 17.5. The summed E-state index contributed by atoms with van der Waals surface area (Å²) in [5, 5.41) is 6.43. The van der Waals surface area contributed by atoms with Crippen molar-refractivity contribution >= 4 is 17.3 Å². The number of aryl methyl sites for hydroxylation is 1. The van der Waals surface area contributed by atoms with Crippen LogP contribution < -0.4 is 10.6 Å². The lowest BCUT2D eigenvalue weighted by Crippen LogP contribution is -2.15. The minimum absolute atomic E-state index is 0.104. The van der Waals surface area contributed by atoms with E-state index >= 15 is 0 Å². The molecule has 0 aliphatic carbocycles. The zero-order valence-electron chi connectivity index (χ0n) is 17.5. The summed E-state index contributed by atoms with van der Waals surface area (Å²) in [5.41, 5.74) is 6.45.